The maximum atomic E-state index is 3.50. The smallest absolute Gasteiger partial charge is 0.0616 e. The number of fused-ring (bicyclic) bond motifs is 6. The fourth-order valence-corrected chi connectivity index (χ4v) is 8.56. The molecule has 3 aromatic carbocycles. The lowest BCUT2D eigenvalue weighted by Crippen LogP contribution is -1.91. The minimum absolute atomic E-state index is 0.715. The maximum absolute atomic E-state index is 3.50. The molecule has 0 heterocycles. The van der Waals surface area contributed by atoms with Gasteiger partial charge in [-0.25, -0.2) is 0 Å². The molecule has 0 saturated heterocycles. The van der Waals surface area contributed by atoms with E-state index in [2.05, 4.69) is 278 Å². The third-order valence-electron chi connectivity index (χ3n) is 12.0. The molecule has 0 nitrogen and oxygen atoms in total. The minimum Gasteiger partial charge on any atom is -0.0616 e. The predicted octanol–water partition coefficient (Wildman–Crippen LogP) is 15.4. The first-order valence-electron chi connectivity index (χ1n) is 22.1. The summed E-state index contributed by atoms with van der Waals surface area (Å²) < 4.78 is 0. The third-order valence-corrected chi connectivity index (χ3v) is 12.0. The average Bonchev–Trinajstić information content (AvgIpc) is 4.12. The Bertz CT molecular complexity index is 3220. The van der Waals surface area contributed by atoms with Crippen molar-refractivity contribution in [2.45, 2.75) is 0 Å². The van der Waals surface area contributed by atoms with Crippen molar-refractivity contribution in [3.05, 3.63) is 263 Å². The van der Waals surface area contributed by atoms with Gasteiger partial charge in [-0.15, -0.1) is 0 Å². The summed E-state index contributed by atoms with van der Waals surface area (Å²) in [6, 6.07) is 76.1. The monoisotopic (exact) mass is 830 g/mol. The van der Waals surface area contributed by atoms with Crippen molar-refractivity contribution in [3.8, 4) is 91.9 Å². The lowest BCUT2D eigenvalue weighted by atomic mass is 9.90. The van der Waals surface area contributed by atoms with E-state index in [1.165, 1.54) is 44.5 Å². The van der Waals surface area contributed by atoms with Gasteiger partial charge in [-0.05, 0) is 138 Å². The molecule has 0 fully saturated rings. The second kappa shape index (κ2) is 17.8. The Kier molecular flexibility index (Phi) is 10.7. The van der Waals surface area contributed by atoms with Crippen LogP contribution in [0.3, 0.4) is 0 Å². The van der Waals surface area contributed by atoms with Crippen molar-refractivity contribution in [3.63, 3.8) is 0 Å². The van der Waals surface area contributed by atoms with E-state index in [1.807, 2.05) is 0 Å². The highest BCUT2D eigenvalue weighted by Crippen LogP contribution is 2.36. The number of hydrogen-bond acceptors (Lipinski definition) is 0. The second-order valence-corrected chi connectivity index (χ2v) is 16.3. The Hall–Kier alpha value is -9.30. The predicted molar refractivity (Wildman–Crippen MR) is 277 cm³/mol. The Morgan fingerprint density at radius 1 is 0.227 bits per heavy atom. The summed E-state index contributed by atoms with van der Waals surface area (Å²) >= 11 is 0. The van der Waals surface area contributed by atoms with Gasteiger partial charge < -0.3 is 0 Å². The zero-order valence-electron chi connectivity index (χ0n) is 35.9. The summed E-state index contributed by atoms with van der Waals surface area (Å²) in [5.74, 6) is 27.9. The molecule has 0 unspecified atom stereocenters. The maximum Gasteiger partial charge on any atom is 0.0757 e. The summed E-state index contributed by atoms with van der Waals surface area (Å²) in [5.41, 5.74) is 16.7. The van der Waals surface area contributed by atoms with Crippen molar-refractivity contribution in [1.29, 1.82) is 0 Å². The second-order valence-electron chi connectivity index (χ2n) is 16.3. The van der Waals surface area contributed by atoms with Crippen LogP contribution in [0.4, 0.5) is 0 Å². The van der Waals surface area contributed by atoms with Gasteiger partial charge in [0.15, 0.2) is 0 Å². The first-order valence-corrected chi connectivity index (χ1v) is 22.1. The summed E-state index contributed by atoms with van der Waals surface area (Å²) in [6.45, 7) is 0. The molecule has 11 rings (SSSR count). The van der Waals surface area contributed by atoms with E-state index in [9.17, 15) is 0 Å². The molecular formula is C66H38. The molecule has 0 amide bonds. The third kappa shape index (κ3) is 8.44. The minimum atomic E-state index is 0.715. The van der Waals surface area contributed by atoms with Crippen LogP contribution in [0.1, 0.15) is 33.4 Å². The van der Waals surface area contributed by atoms with Gasteiger partial charge in [0.1, 0.15) is 0 Å². The van der Waals surface area contributed by atoms with Crippen LogP contribution < -0.4 is 0 Å². The molecule has 0 radical (unpaired) electrons. The van der Waals surface area contributed by atoms with E-state index in [0.29, 0.717) is 11.1 Å². The zero-order valence-corrected chi connectivity index (χ0v) is 35.9. The van der Waals surface area contributed by atoms with Gasteiger partial charge in [0, 0.05) is 22.3 Å². The molecule has 0 bridgehead atoms. The molecular weight excluding hydrogens is 793 g/mol. The van der Waals surface area contributed by atoms with Crippen molar-refractivity contribution >= 4 is 33.7 Å². The molecule has 0 atom stereocenters. The van der Waals surface area contributed by atoms with Crippen LogP contribution in [-0.2, 0) is 0 Å². The van der Waals surface area contributed by atoms with Gasteiger partial charge >= 0.3 is 0 Å². The van der Waals surface area contributed by atoms with Gasteiger partial charge in [-0.3, -0.25) is 0 Å². The van der Waals surface area contributed by atoms with Crippen LogP contribution in [0.15, 0.2) is 230 Å². The molecule has 0 spiro atoms. The van der Waals surface area contributed by atoms with E-state index >= 15 is 0 Å². The standard InChI is InChI=1S/C66H38/c1-2-18-62-61(17-1)65(45-51(25-21-47-29-37-53-9-5-10-54(53)38-30-47)26-22-48-31-39-55-11-6-12-56(55)40-32-48)63-19-3-4-20-64(63)66(62)46-52(27-23-49-33-41-57-13-7-14-58(57)42-34-49)28-24-50-35-43-59-15-8-16-60(59)44-36-50/h1-20,29-46H. The zero-order chi connectivity index (χ0) is 44.1. The molecule has 0 saturated carbocycles. The highest BCUT2D eigenvalue weighted by atomic mass is 14.2. The van der Waals surface area contributed by atoms with E-state index in [-0.39, 0.29) is 0 Å². The number of hydrogen-bond donors (Lipinski definition) is 0. The number of allylic oxidation sites excluding steroid dienone is 2. The molecule has 3 aromatic rings. The number of benzene rings is 3. The van der Waals surface area contributed by atoms with Crippen LogP contribution >= 0.6 is 0 Å². The van der Waals surface area contributed by atoms with Gasteiger partial charge in [0.2, 0.25) is 0 Å². The lowest BCUT2D eigenvalue weighted by Gasteiger charge is -2.13. The van der Waals surface area contributed by atoms with Gasteiger partial charge in [0.05, 0.1) is 11.1 Å². The first-order chi connectivity index (χ1) is 32.7. The Balaban J connectivity index is 1.09. The highest BCUT2D eigenvalue weighted by molar-refractivity contribution is 6.13. The molecule has 8 aliphatic carbocycles. The summed E-state index contributed by atoms with van der Waals surface area (Å²) in [4.78, 5) is 0. The van der Waals surface area contributed by atoms with Crippen LogP contribution in [0.5, 0.6) is 0 Å². The largest absolute Gasteiger partial charge is 0.0757 e. The molecule has 0 N–H and O–H groups in total. The molecule has 302 valence electrons. The highest BCUT2D eigenvalue weighted by Gasteiger charge is 2.13. The summed E-state index contributed by atoms with van der Waals surface area (Å²) in [7, 11) is 0. The molecule has 0 heteroatoms. The van der Waals surface area contributed by atoms with Crippen molar-refractivity contribution in [2.24, 2.45) is 0 Å². The summed E-state index contributed by atoms with van der Waals surface area (Å²) in [6.07, 6.45) is 4.33. The van der Waals surface area contributed by atoms with Crippen LogP contribution in [0.25, 0.3) is 78.2 Å². The van der Waals surface area contributed by atoms with Gasteiger partial charge in [0.25, 0.3) is 0 Å². The summed E-state index contributed by atoms with van der Waals surface area (Å²) in [5, 5.41) is 4.34. The van der Waals surface area contributed by atoms with Gasteiger partial charge in [-0.2, -0.15) is 0 Å². The molecule has 0 aliphatic heterocycles. The Morgan fingerprint density at radius 3 is 0.652 bits per heavy atom. The Labute approximate surface area is 386 Å². The van der Waals surface area contributed by atoms with E-state index in [0.717, 1.165) is 54.9 Å². The lowest BCUT2D eigenvalue weighted by molar-refractivity contribution is 1.70. The number of rotatable bonds is 2. The van der Waals surface area contributed by atoms with E-state index in [1.54, 1.807) is 0 Å². The van der Waals surface area contributed by atoms with Crippen molar-refractivity contribution in [2.75, 3.05) is 0 Å². The van der Waals surface area contributed by atoms with E-state index < -0.39 is 0 Å². The van der Waals surface area contributed by atoms with Crippen LogP contribution in [0.2, 0.25) is 0 Å². The van der Waals surface area contributed by atoms with E-state index in [4.69, 9.17) is 0 Å². The Morgan fingerprint density at radius 2 is 0.439 bits per heavy atom. The molecule has 66 heavy (non-hydrogen) atoms. The average molecular weight is 831 g/mol. The van der Waals surface area contributed by atoms with Gasteiger partial charge in [-0.1, -0.05) is 217 Å². The van der Waals surface area contributed by atoms with Crippen LogP contribution in [-0.4, -0.2) is 0 Å². The normalized spacial score (nSPS) is 10.5. The van der Waals surface area contributed by atoms with Crippen molar-refractivity contribution < 1.29 is 0 Å². The quantitative estimate of drug-likeness (QED) is 0.120. The van der Waals surface area contributed by atoms with Crippen LogP contribution in [0, 0.1) is 47.4 Å². The van der Waals surface area contributed by atoms with Crippen molar-refractivity contribution in [1.82, 2.24) is 0 Å². The molecule has 8 aliphatic rings. The topological polar surface area (TPSA) is 0 Å². The SMILES string of the molecule is C(#Cc1ccc2cccc-2cc1)C(C#Cc1ccc2cccc-2cc1)=Cc1c2ccccc2c(C=C(C#Cc2ccc3cccc-3cc2)C#Cc2ccc3cccc-3cc2)c2ccccc12. The first kappa shape index (κ1) is 39.5. The fourth-order valence-electron chi connectivity index (χ4n) is 8.56. The molecule has 0 aromatic heterocycles. The fraction of sp³-hybridized carbons (Fsp3) is 0.